The van der Waals surface area contributed by atoms with Crippen molar-refractivity contribution < 1.29 is 9.53 Å². The van der Waals surface area contributed by atoms with E-state index in [1.807, 2.05) is 19.1 Å². The quantitative estimate of drug-likeness (QED) is 0.743. The lowest BCUT2D eigenvalue weighted by atomic mass is 10.2. The number of amides is 1. The van der Waals surface area contributed by atoms with E-state index >= 15 is 0 Å². The Balaban J connectivity index is 2.03. The van der Waals surface area contributed by atoms with Gasteiger partial charge in [0.25, 0.3) is 5.91 Å². The molecule has 112 valence electrons. The summed E-state index contributed by atoms with van der Waals surface area (Å²) in [4.78, 5) is 16.1. The Bertz CT molecular complexity index is 594. The lowest BCUT2D eigenvalue weighted by Crippen LogP contribution is -2.27. The Morgan fingerprint density at radius 1 is 1.43 bits per heavy atom. The van der Waals surface area contributed by atoms with Crippen molar-refractivity contribution in [1.82, 2.24) is 15.2 Å². The van der Waals surface area contributed by atoms with Gasteiger partial charge in [0.1, 0.15) is 11.9 Å². The van der Waals surface area contributed by atoms with E-state index in [9.17, 15) is 4.79 Å². The molecule has 2 rings (SSSR count). The molecule has 2 aromatic rings. The fourth-order valence-electron chi connectivity index (χ4n) is 1.79. The van der Waals surface area contributed by atoms with Crippen LogP contribution in [-0.2, 0) is 16.1 Å². The first-order valence-electron chi connectivity index (χ1n) is 6.78. The maximum absolute atomic E-state index is 11.8. The highest BCUT2D eigenvalue weighted by molar-refractivity contribution is 5.94. The Kier molecular flexibility index (Phi) is 5.02. The number of ether oxygens (including phenoxy) is 1. The molecule has 7 nitrogen and oxygen atoms in total. The fraction of sp³-hybridized carbons (Fsp3) is 0.357. The monoisotopic (exact) mass is 289 g/mol. The lowest BCUT2D eigenvalue weighted by Gasteiger charge is -2.12. The second-order valence-corrected chi connectivity index (χ2v) is 4.47. The van der Waals surface area contributed by atoms with Crippen LogP contribution in [0.4, 0.5) is 5.69 Å². The summed E-state index contributed by atoms with van der Waals surface area (Å²) in [5, 5.41) is 9.62. The van der Waals surface area contributed by atoms with Crippen LogP contribution in [0.2, 0.25) is 0 Å². The molecule has 0 saturated carbocycles. The predicted molar refractivity (Wildman–Crippen MR) is 79.4 cm³/mol. The smallest absolute Gasteiger partial charge is 0.253 e. The van der Waals surface area contributed by atoms with Crippen molar-refractivity contribution >= 4 is 11.6 Å². The van der Waals surface area contributed by atoms with Crippen LogP contribution in [0.1, 0.15) is 19.7 Å². The molecule has 7 heteroatoms. The van der Waals surface area contributed by atoms with Gasteiger partial charge in [-0.25, -0.2) is 4.98 Å². The summed E-state index contributed by atoms with van der Waals surface area (Å²) in [7, 11) is 0. The van der Waals surface area contributed by atoms with Gasteiger partial charge in [0, 0.05) is 17.9 Å². The van der Waals surface area contributed by atoms with E-state index in [-0.39, 0.29) is 5.91 Å². The van der Waals surface area contributed by atoms with Gasteiger partial charge in [-0.2, -0.15) is 5.10 Å². The zero-order valence-corrected chi connectivity index (χ0v) is 12.1. The van der Waals surface area contributed by atoms with Crippen LogP contribution < -0.4 is 11.1 Å². The number of benzene rings is 1. The zero-order chi connectivity index (χ0) is 15.2. The van der Waals surface area contributed by atoms with Gasteiger partial charge in [-0.1, -0.05) is 0 Å². The number of carbonyl (C=O) groups is 1. The molecule has 0 fully saturated rings. The second kappa shape index (κ2) is 6.96. The number of nitrogens with two attached hydrogens (primary N) is 1. The van der Waals surface area contributed by atoms with Crippen LogP contribution in [0, 0.1) is 0 Å². The molecule has 1 heterocycles. The number of hydrogen-bond donors (Lipinski definition) is 3. The molecular weight excluding hydrogens is 270 g/mol. The van der Waals surface area contributed by atoms with E-state index in [0.29, 0.717) is 30.5 Å². The minimum Gasteiger partial charge on any atom is -0.369 e. The van der Waals surface area contributed by atoms with Gasteiger partial charge in [0.2, 0.25) is 0 Å². The van der Waals surface area contributed by atoms with Crippen molar-refractivity contribution in [1.29, 1.82) is 0 Å². The summed E-state index contributed by atoms with van der Waals surface area (Å²) in [6.07, 6.45) is -0.477. The molecule has 0 radical (unpaired) electrons. The number of hydrogen-bond acceptors (Lipinski definition) is 5. The third kappa shape index (κ3) is 3.87. The highest BCUT2D eigenvalue weighted by Gasteiger charge is 2.12. The van der Waals surface area contributed by atoms with E-state index in [0.717, 1.165) is 5.56 Å². The van der Waals surface area contributed by atoms with Crippen LogP contribution in [0.25, 0.3) is 11.4 Å². The molecule has 21 heavy (non-hydrogen) atoms. The largest absolute Gasteiger partial charge is 0.369 e. The van der Waals surface area contributed by atoms with E-state index < -0.39 is 6.10 Å². The van der Waals surface area contributed by atoms with Gasteiger partial charge in [0.05, 0.1) is 6.54 Å². The lowest BCUT2D eigenvalue weighted by molar-refractivity contribution is -0.126. The SMILES string of the molecule is CCOC(C)C(=O)Nc1ccc(-c2n[nH]c(CN)n2)cc1. The average Bonchev–Trinajstić information content (AvgIpc) is 2.97. The maximum atomic E-state index is 11.8. The van der Waals surface area contributed by atoms with Crippen molar-refractivity contribution in [3.8, 4) is 11.4 Å². The Morgan fingerprint density at radius 3 is 2.71 bits per heavy atom. The van der Waals surface area contributed by atoms with Crippen molar-refractivity contribution in [2.24, 2.45) is 5.73 Å². The molecule has 1 amide bonds. The highest BCUT2D eigenvalue weighted by Crippen LogP contribution is 2.18. The third-order valence-corrected chi connectivity index (χ3v) is 2.92. The van der Waals surface area contributed by atoms with Crippen LogP contribution in [0.5, 0.6) is 0 Å². The number of aromatic nitrogens is 3. The first-order chi connectivity index (χ1) is 10.1. The van der Waals surface area contributed by atoms with Crippen LogP contribution in [0.15, 0.2) is 24.3 Å². The van der Waals surface area contributed by atoms with Crippen molar-refractivity contribution in [3.05, 3.63) is 30.1 Å². The number of rotatable bonds is 6. The normalized spacial score (nSPS) is 12.1. The number of carbonyl (C=O) groups excluding carboxylic acids is 1. The molecule has 1 atom stereocenters. The topological polar surface area (TPSA) is 106 Å². The molecule has 4 N–H and O–H groups in total. The van der Waals surface area contributed by atoms with Crippen LogP contribution in [0.3, 0.4) is 0 Å². The first-order valence-corrected chi connectivity index (χ1v) is 6.78. The zero-order valence-electron chi connectivity index (χ0n) is 12.1. The summed E-state index contributed by atoms with van der Waals surface area (Å²) >= 11 is 0. The van der Waals surface area contributed by atoms with E-state index in [4.69, 9.17) is 10.5 Å². The average molecular weight is 289 g/mol. The third-order valence-electron chi connectivity index (χ3n) is 2.92. The molecule has 0 bridgehead atoms. The van der Waals surface area contributed by atoms with Gasteiger partial charge in [-0.3, -0.25) is 9.89 Å². The maximum Gasteiger partial charge on any atom is 0.253 e. The molecule has 0 spiro atoms. The van der Waals surface area contributed by atoms with E-state index in [2.05, 4.69) is 20.5 Å². The Labute approximate surface area is 122 Å². The van der Waals surface area contributed by atoms with Crippen molar-refractivity contribution in [3.63, 3.8) is 0 Å². The summed E-state index contributed by atoms with van der Waals surface area (Å²) in [5.41, 5.74) is 7.03. The van der Waals surface area contributed by atoms with Crippen LogP contribution >= 0.6 is 0 Å². The molecule has 0 aliphatic rings. The van der Waals surface area contributed by atoms with Crippen molar-refractivity contribution in [2.45, 2.75) is 26.5 Å². The van der Waals surface area contributed by atoms with Gasteiger partial charge in [-0.15, -0.1) is 0 Å². The van der Waals surface area contributed by atoms with Crippen molar-refractivity contribution in [2.75, 3.05) is 11.9 Å². The summed E-state index contributed by atoms with van der Waals surface area (Å²) in [6.45, 7) is 4.39. The van der Waals surface area contributed by atoms with Crippen LogP contribution in [-0.4, -0.2) is 33.8 Å². The number of nitrogens with zero attached hydrogens (tertiary/aromatic N) is 2. The molecule has 1 aromatic carbocycles. The first kappa shape index (κ1) is 15.1. The van der Waals surface area contributed by atoms with E-state index in [1.165, 1.54) is 0 Å². The second-order valence-electron chi connectivity index (χ2n) is 4.47. The Morgan fingerprint density at radius 2 is 2.14 bits per heavy atom. The predicted octanol–water partition coefficient (Wildman–Crippen LogP) is 1.29. The van der Waals surface area contributed by atoms with Gasteiger partial charge >= 0.3 is 0 Å². The molecular formula is C14H19N5O2. The highest BCUT2D eigenvalue weighted by atomic mass is 16.5. The molecule has 0 aliphatic heterocycles. The minimum absolute atomic E-state index is 0.173. The molecule has 0 saturated heterocycles. The van der Waals surface area contributed by atoms with Gasteiger partial charge in [0.15, 0.2) is 5.82 Å². The summed E-state index contributed by atoms with van der Waals surface area (Å²) in [5.74, 6) is 1.04. The number of aromatic amines is 1. The Hall–Kier alpha value is -2.25. The fourth-order valence-corrected chi connectivity index (χ4v) is 1.79. The van der Waals surface area contributed by atoms with E-state index in [1.54, 1.807) is 19.1 Å². The summed E-state index contributed by atoms with van der Waals surface area (Å²) < 4.78 is 5.24. The molecule has 1 aromatic heterocycles. The number of anilines is 1. The molecule has 0 aliphatic carbocycles. The minimum atomic E-state index is -0.477. The van der Waals surface area contributed by atoms with Gasteiger partial charge in [-0.05, 0) is 38.1 Å². The number of H-pyrrole nitrogens is 1. The number of nitrogens with one attached hydrogen (secondary N) is 2. The van der Waals surface area contributed by atoms with Gasteiger partial charge < -0.3 is 15.8 Å². The molecule has 1 unspecified atom stereocenters. The standard InChI is InChI=1S/C14H19N5O2/c1-3-21-9(2)14(20)16-11-6-4-10(5-7-11)13-17-12(8-15)18-19-13/h4-7,9H,3,8,15H2,1-2H3,(H,16,20)(H,17,18,19). The summed E-state index contributed by atoms with van der Waals surface area (Å²) in [6, 6.07) is 7.27.